The van der Waals surface area contributed by atoms with Crippen LogP contribution in [0.1, 0.15) is 19.4 Å². The zero-order valence-corrected chi connectivity index (χ0v) is 14.8. The molecule has 1 unspecified atom stereocenters. The molecule has 3 aromatic rings. The van der Waals surface area contributed by atoms with Crippen molar-refractivity contribution in [2.24, 2.45) is 5.10 Å². The normalized spacial score (nSPS) is 12.6. The van der Waals surface area contributed by atoms with Crippen molar-refractivity contribution in [3.8, 4) is 5.75 Å². The number of anilines is 1. The number of nitrogen functional groups attached to an aromatic ring is 1. The number of fused-ring (bicyclic) bond motifs is 1. The molecular weight excluding hydrogens is 326 g/mol. The SMILES string of the molecule is C/C(=N\NC(=O)C(C)Oc1ccc2ccccc2c1)c1ccc(N)cc1. The lowest BCUT2D eigenvalue weighted by atomic mass is 10.1. The van der Waals surface area contributed by atoms with Crippen LogP contribution in [-0.4, -0.2) is 17.7 Å². The molecule has 0 bridgehead atoms. The minimum Gasteiger partial charge on any atom is -0.481 e. The largest absolute Gasteiger partial charge is 0.481 e. The summed E-state index contributed by atoms with van der Waals surface area (Å²) in [6, 6.07) is 21.0. The van der Waals surface area contributed by atoms with E-state index in [1.54, 1.807) is 19.1 Å². The highest BCUT2D eigenvalue weighted by atomic mass is 16.5. The molecule has 26 heavy (non-hydrogen) atoms. The molecule has 0 aliphatic carbocycles. The second kappa shape index (κ2) is 7.70. The van der Waals surface area contributed by atoms with Crippen LogP contribution in [0.2, 0.25) is 0 Å². The van der Waals surface area contributed by atoms with E-state index in [-0.39, 0.29) is 5.91 Å². The Labute approximate surface area is 152 Å². The molecular formula is C21H21N3O2. The number of hydrogen-bond donors (Lipinski definition) is 2. The number of nitrogens with one attached hydrogen (secondary N) is 1. The van der Waals surface area contributed by atoms with Gasteiger partial charge in [-0.3, -0.25) is 4.79 Å². The minimum atomic E-state index is -0.667. The van der Waals surface area contributed by atoms with Crippen molar-refractivity contribution < 1.29 is 9.53 Å². The maximum atomic E-state index is 12.2. The number of hydrogen-bond acceptors (Lipinski definition) is 4. The van der Waals surface area contributed by atoms with Crippen LogP contribution < -0.4 is 15.9 Å². The Hall–Kier alpha value is -3.34. The molecule has 3 N–H and O–H groups in total. The van der Waals surface area contributed by atoms with Crippen LogP contribution in [0.15, 0.2) is 71.8 Å². The Balaban J connectivity index is 1.63. The average Bonchev–Trinajstić information content (AvgIpc) is 2.66. The molecule has 132 valence electrons. The van der Waals surface area contributed by atoms with Crippen molar-refractivity contribution in [2.45, 2.75) is 20.0 Å². The average molecular weight is 347 g/mol. The molecule has 0 aliphatic heterocycles. The molecule has 3 aromatic carbocycles. The molecule has 1 amide bonds. The predicted octanol–water partition coefficient (Wildman–Crippen LogP) is 3.73. The first-order chi connectivity index (χ1) is 12.5. The third-order valence-corrected chi connectivity index (χ3v) is 4.07. The summed E-state index contributed by atoms with van der Waals surface area (Å²) in [7, 11) is 0. The number of rotatable bonds is 5. The van der Waals surface area contributed by atoms with Gasteiger partial charge in [-0.1, -0.05) is 42.5 Å². The Morgan fingerprint density at radius 3 is 2.46 bits per heavy atom. The fraction of sp³-hybridized carbons (Fsp3) is 0.143. The molecule has 0 saturated carbocycles. The number of hydrazone groups is 1. The van der Waals surface area contributed by atoms with Crippen molar-refractivity contribution in [3.63, 3.8) is 0 Å². The van der Waals surface area contributed by atoms with Crippen LogP contribution in [0.3, 0.4) is 0 Å². The van der Waals surface area contributed by atoms with Gasteiger partial charge in [-0.25, -0.2) is 5.43 Å². The quantitative estimate of drug-likeness (QED) is 0.419. The molecule has 5 nitrogen and oxygen atoms in total. The van der Waals surface area contributed by atoms with E-state index in [1.807, 2.05) is 61.5 Å². The highest BCUT2D eigenvalue weighted by Crippen LogP contribution is 2.21. The van der Waals surface area contributed by atoms with E-state index in [4.69, 9.17) is 10.5 Å². The van der Waals surface area contributed by atoms with Gasteiger partial charge in [-0.15, -0.1) is 0 Å². The second-order valence-corrected chi connectivity index (χ2v) is 6.06. The van der Waals surface area contributed by atoms with E-state index in [1.165, 1.54) is 0 Å². The first kappa shape index (κ1) is 17.5. The number of amides is 1. The van der Waals surface area contributed by atoms with Crippen molar-refractivity contribution in [1.29, 1.82) is 0 Å². The lowest BCUT2D eigenvalue weighted by Crippen LogP contribution is -2.33. The van der Waals surface area contributed by atoms with Gasteiger partial charge in [0.1, 0.15) is 5.75 Å². The summed E-state index contributed by atoms with van der Waals surface area (Å²) in [4.78, 5) is 12.2. The predicted molar refractivity (Wildman–Crippen MR) is 105 cm³/mol. The number of benzene rings is 3. The van der Waals surface area contributed by atoms with E-state index in [2.05, 4.69) is 10.5 Å². The van der Waals surface area contributed by atoms with Gasteiger partial charge in [0.15, 0.2) is 6.10 Å². The smallest absolute Gasteiger partial charge is 0.280 e. The topological polar surface area (TPSA) is 76.7 Å². The van der Waals surface area contributed by atoms with Crippen molar-refractivity contribution in [3.05, 3.63) is 72.3 Å². The molecule has 0 heterocycles. The Morgan fingerprint density at radius 1 is 1.04 bits per heavy atom. The molecule has 0 aromatic heterocycles. The van der Waals surface area contributed by atoms with Crippen LogP contribution in [-0.2, 0) is 4.79 Å². The summed E-state index contributed by atoms with van der Waals surface area (Å²) in [5.41, 5.74) is 10.5. The van der Waals surface area contributed by atoms with Gasteiger partial charge in [-0.05, 0) is 54.4 Å². The molecule has 0 saturated heterocycles. The van der Waals surface area contributed by atoms with Crippen LogP contribution in [0, 0.1) is 0 Å². The summed E-state index contributed by atoms with van der Waals surface area (Å²) in [5, 5.41) is 6.32. The fourth-order valence-corrected chi connectivity index (χ4v) is 2.52. The molecule has 1 atom stereocenters. The summed E-state index contributed by atoms with van der Waals surface area (Å²) < 4.78 is 5.74. The Bertz CT molecular complexity index is 949. The maximum absolute atomic E-state index is 12.2. The molecule has 0 fully saturated rings. The van der Waals surface area contributed by atoms with Crippen LogP contribution in [0.4, 0.5) is 5.69 Å². The highest BCUT2D eigenvalue weighted by molar-refractivity contribution is 5.99. The van der Waals surface area contributed by atoms with Gasteiger partial charge in [0, 0.05) is 5.69 Å². The lowest BCUT2D eigenvalue weighted by molar-refractivity contribution is -0.127. The van der Waals surface area contributed by atoms with Crippen LogP contribution >= 0.6 is 0 Å². The Morgan fingerprint density at radius 2 is 1.73 bits per heavy atom. The number of carbonyl (C=O) groups is 1. The molecule has 3 rings (SSSR count). The second-order valence-electron chi connectivity index (χ2n) is 6.06. The summed E-state index contributed by atoms with van der Waals surface area (Å²) in [6.07, 6.45) is -0.667. The standard InChI is InChI=1S/C21H21N3O2/c1-14(16-7-10-19(22)11-8-16)23-24-21(25)15(2)26-20-12-9-17-5-3-4-6-18(17)13-20/h3-13,15H,22H2,1-2H3,(H,24,25)/b23-14+. The minimum absolute atomic E-state index is 0.312. The van der Waals surface area contributed by atoms with E-state index >= 15 is 0 Å². The summed E-state index contributed by atoms with van der Waals surface area (Å²) in [5.74, 6) is 0.332. The summed E-state index contributed by atoms with van der Waals surface area (Å²) in [6.45, 7) is 3.51. The molecule has 0 aliphatic rings. The third kappa shape index (κ3) is 4.19. The van der Waals surface area contributed by atoms with Crippen molar-refractivity contribution >= 4 is 28.1 Å². The van der Waals surface area contributed by atoms with Crippen molar-refractivity contribution in [1.82, 2.24) is 5.43 Å². The van der Waals surface area contributed by atoms with Gasteiger partial charge in [0.2, 0.25) is 0 Å². The molecule has 0 radical (unpaired) electrons. The number of ether oxygens (including phenoxy) is 1. The van der Waals surface area contributed by atoms with Gasteiger partial charge in [0.25, 0.3) is 5.91 Å². The molecule has 0 spiro atoms. The maximum Gasteiger partial charge on any atom is 0.280 e. The zero-order valence-electron chi connectivity index (χ0n) is 14.8. The van der Waals surface area contributed by atoms with E-state index in [0.29, 0.717) is 17.1 Å². The van der Waals surface area contributed by atoms with Gasteiger partial charge < -0.3 is 10.5 Å². The van der Waals surface area contributed by atoms with E-state index in [9.17, 15) is 4.79 Å². The van der Waals surface area contributed by atoms with Gasteiger partial charge in [-0.2, -0.15) is 5.10 Å². The van der Waals surface area contributed by atoms with E-state index < -0.39 is 6.10 Å². The number of nitrogens with two attached hydrogens (primary N) is 1. The van der Waals surface area contributed by atoms with Gasteiger partial charge >= 0.3 is 0 Å². The van der Waals surface area contributed by atoms with Crippen LogP contribution in [0.25, 0.3) is 10.8 Å². The first-order valence-corrected chi connectivity index (χ1v) is 8.38. The Kier molecular flexibility index (Phi) is 5.17. The molecule has 5 heteroatoms. The number of carbonyl (C=O) groups excluding carboxylic acids is 1. The lowest BCUT2D eigenvalue weighted by Gasteiger charge is -2.14. The summed E-state index contributed by atoms with van der Waals surface area (Å²) >= 11 is 0. The highest BCUT2D eigenvalue weighted by Gasteiger charge is 2.14. The number of nitrogens with zero attached hydrogens (tertiary/aromatic N) is 1. The van der Waals surface area contributed by atoms with Crippen LogP contribution in [0.5, 0.6) is 5.75 Å². The van der Waals surface area contributed by atoms with Crippen molar-refractivity contribution in [2.75, 3.05) is 5.73 Å². The fourth-order valence-electron chi connectivity index (χ4n) is 2.52. The van der Waals surface area contributed by atoms with E-state index in [0.717, 1.165) is 16.3 Å². The van der Waals surface area contributed by atoms with Gasteiger partial charge in [0.05, 0.1) is 5.71 Å². The first-order valence-electron chi connectivity index (χ1n) is 8.38. The monoisotopic (exact) mass is 347 g/mol. The zero-order chi connectivity index (χ0) is 18.5. The third-order valence-electron chi connectivity index (χ3n) is 4.07.